The first kappa shape index (κ1) is 21.7. The number of nitrogens with one attached hydrogen (secondary N) is 1. The van der Waals surface area contributed by atoms with Crippen molar-refractivity contribution in [1.82, 2.24) is 9.62 Å². The summed E-state index contributed by atoms with van der Waals surface area (Å²) in [6.07, 6.45) is 0.916. The third kappa shape index (κ3) is 5.55. The topological polar surface area (TPSA) is 119 Å². The Labute approximate surface area is 173 Å². The second-order valence-electron chi connectivity index (χ2n) is 6.91. The van der Waals surface area contributed by atoms with Crippen molar-refractivity contribution in [1.29, 1.82) is 0 Å². The van der Waals surface area contributed by atoms with Gasteiger partial charge in [0, 0.05) is 24.7 Å². The summed E-state index contributed by atoms with van der Waals surface area (Å²) in [5, 5.41) is 0. The van der Waals surface area contributed by atoms with E-state index >= 15 is 0 Å². The van der Waals surface area contributed by atoms with Gasteiger partial charge in [0.05, 0.1) is 4.90 Å². The van der Waals surface area contributed by atoms with Crippen LogP contribution in [0.5, 0.6) is 5.75 Å². The summed E-state index contributed by atoms with van der Waals surface area (Å²) in [4.78, 5) is 25.0. The average Bonchev–Trinajstić information content (AvgIpc) is 2.73. The predicted octanol–water partition coefficient (Wildman–Crippen LogP) is 1.27. The molecule has 0 spiro atoms. The third-order valence-corrected chi connectivity index (χ3v) is 6.33. The van der Waals surface area contributed by atoms with E-state index in [1.54, 1.807) is 17.0 Å². The van der Waals surface area contributed by atoms with E-state index in [2.05, 4.69) is 4.72 Å². The SMILES string of the molecule is NC(=O)c1ccc(OCC(=O)N2CCC(NS(=O)(=O)c3ccc(F)cc3)CC2)cc1. The van der Waals surface area contributed by atoms with Gasteiger partial charge in [-0.3, -0.25) is 9.59 Å². The van der Waals surface area contributed by atoms with Crippen molar-refractivity contribution >= 4 is 21.8 Å². The van der Waals surface area contributed by atoms with Crippen LogP contribution in [0.25, 0.3) is 0 Å². The Morgan fingerprint density at radius 3 is 2.23 bits per heavy atom. The number of halogens is 1. The molecule has 1 saturated heterocycles. The molecule has 10 heteroatoms. The number of nitrogens with two attached hydrogens (primary N) is 1. The van der Waals surface area contributed by atoms with Crippen LogP contribution >= 0.6 is 0 Å². The van der Waals surface area contributed by atoms with Gasteiger partial charge in [0.15, 0.2) is 6.61 Å². The van der Waals surface area contributed by atoms with Crippen molar-refractivity contribution in [2.24, 2.45) is 5.73 Å². The lowest BCUT2D eigenvalue weighted by Gasteiger charge is -2.32. The smallest absolute Gasteiger partial charge is 0.260 e. The number of carbonyl (C=O) groups excluding carboxylic acids is 2. The van der Waals surface area contributed by atoms with E-state index in [-0.39, 0.29) is 23.5 Å². The largest absolute Gasteiger partial charge is 0.484 e. The molecule has 160 valence electrons. The van der Waals surface area contributed by atoms with Gasteiger partial charge in [-0.25, -0.2) is 17.5 Å². The van der Waals surface area contributed by atoms with Crippen LogP contribution < -0.4 is 15.2 Å². The van der Waals surface area contributed by atoms with E-state index in [1.165, 1.54) is 24.3 Å². The van der Waals surface area contributed by atoms with Crippen molar-refractivity contribution in [3.63, 3.8) is 0 Å². The summed E-state index contributed by atoms with van der Waals surface area (Å²) in [7, 11) is -3.75. The zero-order valence-corrected chi connectivity index (χ0v) is 16.9. The molecule has 0 saturated carbocycles. The first-order valence-electron chi connectivity index (χ1n) is 9.33. The molecule has 0 aliphatic carbocycles. The van der Waals surface area contributed by atoms with Gasteiger partial charge in [-0.15, -0.1) is 0 Å². The minimum absolute atomic E-state index is 0.00170. The highest BCUT2D eigenvalue weighted by molar-refractivity contribution is 7.89. The molecule has 1 aliphatic heterocycles. The molecular formula is C20H22FN3O5S. The molecule has 2 aromatic rings. The Kier molecular flexibility index (Phi) is 6.68. The van der Waals surface area contributed by atoms with Crippen LogP contribution in [0, 0.1) is 5.82 Å². The first-order valence-corrected chi connectivity index (χ1v) is 10.8. The van der Waals surface area contributed by atoms with Gasteiger partial charge in [0.2, 0.25) is 15.9 Å². The molecule has 0 radical (unpaired) electrons. The van der Waals surface area contributed by atoms with Gasteiger partial charge < -0.3 is 15.4 Å². The summed E-state index contributed by atoms with van der Waals surface area (Å²) in [5.74, 6) is -0.827. The molecule has 1 aliphatic rings. The summed E-state index contributed by atoms with van der Waals surface area (Å²) in [6, 6.07) is 10.4. The fourth-order valence-electron chi connectivity index (χ4n) is 3.10. The standard InChI is InChI=1S/C20H22FN3O5S/c21-15-3-7-18(8-4-15)30(27,28)23-16-9-11-24(12-10-16)19(25)13-29-17-5-1-14(2-6-17)20(22)26/h1-8,16,23H,9-13H2,(H2,22,26). The Balaban J connectivity index is 1.47. The number of primary amides is 1. The highest BCUT2D eigenvalue weighted by atomic mass is 32.2. The number of sulfonamides is 1. The summed E-state index contributed by atoms with van der Waals surface area (Å²) in [5.41, 5.74) is 5.52. The van der Waals surface area contributed by atoms with Gasteiger partial charge in [-0.05, 0) is 61.4 Å². The Morgan fingerprint density at radius 1 is 1.07 bits per heavy atom. The van der Waals surface area contributed by atoms with Crippen molar-refractivity contribution < 1.29 is 27.1 Å². The molecule has 30 heavy (non-hydrogen) atoms. The molecule has 2 aromatic carbocycles. The number of likely N-dealkylation sites (tertiary alicyclic amines) is 1. The molecule has 0 atom stereocenters. The van der Waals surface area contributed by atoms with Crippen LogP contribution in [-0.2, 0) is 14.8 Å². The number of amides is 2. The number of hydrogen-bond donors (Lipinski definition) is 2. The second-order valence-corrected chi connectivity index (χ2v) is 8.62. The maximum absolute atomic E-state index is 13.0. The molecule has 8 nitrogen and oxygen atoms in total. The summed E-state index contributed by atoms with van der Waals surface area (Å²) >= 11 is 0. The molecule has 2 amide bonds. The predicted molar refractivity (Wildman–Crippen MR) is 107 cm³/mol. The van der Waals surface area contributed by atoms with E-state index in [0.29, 0.717) is 37.2 Å². The van der Waals surface area contributed by atoms with Crippen LogP contribution in [0.2, 0.25) is 0 Å². The minimum atomic E-state index is -3.75. The lowest BCUT2D eigenvalue weighted by atomic mass is 10.1. The maximum Gasteiger partial charge on any atom is 0.260 e. The van der Waals surface area contributed by atoms with E-state index in [1.807, 2.05) is 0 Å². The molecule has 1 fully saturated rings. The fraction of sp³-hybridized carbons (Fsp3) is 0.300. The summed E-state index contributed by atoms with van der Waals surface area (Å²) < 4.78 is 45.8. The van der Waals surface area contributed by atoms with Crippen molar-refractivity contribution in [2.45, 2.75) is 23.8 Å². The molecule has 3 rings (SSSR count). The van der Waals surface area contributed by atoms with Crippen LogP contribution in [-0.4, -0.2) is 50.9 Å². The zero-order chi connectivity index (χ0) is 21.7. The second kappa shape index (κ2) is 9.23. The number of piperidine rings is 1. The normalized spacial score (nSPS) is 15.0. The van der Waals surface area contributed by atoms with E-state index in [9.17, 15) is 22.4 Å². The van der Waals surface area contributed by atoms with Gasteiger partial charge in [-0.2, -0.15) is 0 Å². The molecule has 0 bridgehead atoms. The van der Waals surface area contributed by atoms with Gasteiger partial charge in [-0.1, -0.05) is 0 Å². The Hall–Kier alpha value is -2.98. The van der Waals surface area contributed by atoms with Crippen molar-refractivity contribution in [3.05, 3.63) is 59.9 Å². The van der Waals surface area contributed by atoms with Crippen LogP contribution in [0.1, 0.15) is 23.2 Å². The lowest BCUT2D eigenvalue weighted by molar-refractivity contribution is -0.134. The molecule has 0 unspecified atom stereocenters. The lowest BCUT2D eigenvalue weighted by Crippen LogP contribution is -2.47. The quantitative estimate of drug-likeness (QED) is 0.679. The number of hydrogen-bond acceptors (Lipinski definition) is 5. The van der Waals surface area contributed by atoms with E-state index < -0.39 is 21.7 Å². The monoisotopic (exact) mass is 435 g/mol. The van der Waals surface area contributed by atoms with E-state index in [4.69, 9.17) is 10.5 Å². The minimum Gasteiger partial charge on any atom is -0.484 e. The number of ether oxygens (including phenoxy) is 1. The highest BCUT2D eigenvalue weighted by Gasteiger charge is 2.27. The van der Waals surface area contributed by atoms with Gasteiger partial charge >= 0.3 is 0 Å². The summed E-state index contributed by atoms with van der Waals surface area (Å²) in [6.45, 7) is 0.612. The van der Waals surface area contributed by atoms with Crippen LogP contribution in [0.4, 0.5) is 4.39 Å². The number of carbonyl (C=O) groups is 2. The third-order valence-electron chi connectivity index (χ3n) is 4.79. The van der Waals surface area contributed by atoms with Crippen molar-refractivity contribution in [3.8, 4) is 5.75 Å². The van der Waals surface area contributed by atoms with E-state index in [0.717, 1.165) is 12.1 Å². The number of benzene rings is 2. The van der Waals surface area contributed by atoms with Crippen LogP contribution in [0.15, 0.2) is 53.4 Å². The average molecular weight is 435 g/mol. The Bertz CT molecular complexity index is 1000. The Morgan fingerprint density at radius 2 is 1.67 bits per heavy atom. The fourth-order valence-corrected chi connectivity index (χ4v) is 4.40. The molecule has 1 heterocycles. The highest BCUT2D eigenvalue weighted by Crippen LogP contribution is 2.17. The number of rotatable bonds is 7. The van der Waals surface area contributed by atoms with Gasteiger partial charge in [0.1, 0.15) is 11.6 Å². The molecule has 3 N–H and O–H groups in total. The van der Waals surface area contributed by atoms with Crippen molar-refractivity contribution in [2.75, 3.05) is 19.7 Å². The first-order chi connectivity index (χ1) is 14.2. The number of nitrogens with zero attached hydrogens (tertiary/aromatic N) is 1. The molecular weight excluding hydrogens is 413 g/mol. The maximum atomic E-state index is 13.0. The zero-order valence-electron chi connectivity index (χ0n) is 16.1. The van der Waals surface area contributed by atoms with Crippen LogP contribution in [0.3, 0.4) is 0 Å². The molecule has 0 aromatic heterocycles. The van der Waals surface area contributed by atoms with Gasteiger partial charge in [0.25, 0.3) is 5.91 Å².